The molecule has 0 bridgehead atoms. The van der Waals surface area contributed by atoms with Gasteiger partial charge >= 0.3 is 16.3 Å². The molecule has 49 heavy (non-hydrogen) atoms. The van der Waals surface area contributed by atoms with E-state index in [0.29, 0.717) is 17.0 Å². The van der Waals surface area contributed by atoms with Crippen LogP contribution in [-0.4, -0.2) is 45.4 Å². The molecule has 2 heterocycles. The van der Waals surface area contributed by atoms with Crippen molar-refractivity contribution >= 4 is 63.6 Å². The van der Waals surface area contributed by atoms with Gasteiger partial charge in [-0.25, -0.2) is 4.68 Å². The summed E-state index contributed by atoms with van der Waals surface area (Å²) in [6.07, 6.45) is 3.87. The van der Waals surface area contributed by atoms with Crippen molar-refractivity contribution in [3.8, 4) is 11.5 Å². The number of fused-ring (bicyclic) bond motifs is 2. The van der Waals surface area contributed by atoms with E-state index in [2.05, 4.69) is 10.3 Å². The molecular formula is C36H36Cl2N4O6S. The van der Waals surface area contributed by atoms with Crippen LogP contribution in [0.2, 0.25) is 0 Å². The summed E-state index contributed by atoms with van der Waals surface area (Å²) in [5, 5.41) is 18.8. The first kappa shape index (κ1) is 35.9. The van der Waals surface area contributed by atoms with Crippen molar-refractivity contribution in [3.63, 3.8) is 0 Å². The molecule has 0 amide bonds. The lowest BCUT2D eigenvalue weighted by Gasteiger charge is -2.28. The van der Waals surface area contributed by atoms with Crippen LogP contribution in [-0.2, 0) is 38.8 Å². The molecule has 5 aromatic rings. The number of esters is 1. The quantitative estimate of drug-likeness (QED) is 0.118. The number of aromatic hydroxyl groups is 1. The van der Waals surface area contributed by atoms with Crippen molar-refractivity contribution in [1.82, 2.24) is 19.3 Å². The summed E-state index contributed by atoms with van der Waals surface area (Å²) in [5.74, 6) is -0.142. The Morgan fingerprint density at radius 2 is 1.88 bits per heavy atom. The second-order valence-corrected chi connectivity index (χ2v) is 13.5. The molecule has 6 rings (SSSR count). The summed E-state index contributed by atoms with van der Waals surface area (Å²) in [6, 6.07) is 21.9. The number of hydrogen-bond acceptors (Lipinski definition) is 8. The van der Waals surface area contributed by atoms with Crippen molar-refractivity contribution in [2.45, 2.75) is 52.1 Å². The van der Waals surface area contributed by atoms with Crippen LogP contribution >= 0.6 is 24.0 Å². The molecular weight excluding hydrogens is 687 g/mol. The third-order valence-corrected chi connectivity index (χ3v) is 10.2. The predicted molar refractivity (Wildman–Crippen MR) is 192 cm³/mol. The maximum atomic E-state index is 13.1. The zero-order chi connectivity index (χ0) is 34.0. The van der Waals surface area contributed by atoms with E-state index in [-0.39, 0.29) is 56.0 Å². The second-order valence-electron chi connectivity index (χ2n) is 11.7. The van der Waals surface area contributed by atoms with Gasteiger partial charge in [-0.15, -0.1) is 29.1 Å². The fraction of sp³-hybridized carbons (Fsp3) is 0.250. The van der Waals surface area contributed by atoms with Crippen LogP contribution in [0.4, 0.5) is 0 Å². The molecule has 0 radical (unpaired) electrons. The fourth-order valence-electron chi connectivity index (χ4n) is 6.01. The Bertz CT molecular complexity index is 2150. The van der Waals surface area contributed by atoms with Crippen LogP contribution in [0.15, 0.2) is 72.8 Å². The standard InChI is InChI=1S/C36H35ClN4O6S.ClH/c1-4-46-35(43)19-32(31-12-13-33-36(24(31)3)38-39-41(33)16-15-25-7-5-6-8-27(25)20-37)26-10-9-23(2)28(17-26)21-40-22-29-18-30(42)11-14-34(29)47-48(40,44)45;/h5-18,32,42H,4,19-22H2,1-3H3;1H/b16-15+;. The normalized spacial score (nSPS) is 14.6. The van der Waals surface area contributed by atoms with E-state index in [1.54, 1.807) is 11.6 Å². The van der Waals surface area contributed by atoms with Crippen molar-refractivity contribution in [3.05, 3.63) is 117 Å². The lowest BCUT2D eigenvalue weighted by atomic mass is 9.84. The molecule has 1 unspecified atom stereocenters. The number of rotatable bonds is 10. The molecule has 1 atom stereocenters. The molecule has 0 saturated heterocycles. The summed E-state index contributed by atoms with van der Waals surface area (Å²) in [7, 11) is -4.08. The van der Waals surface area contributed by atoms with Crippen LogP contribution in [0.3, 0.4) is 0 Å². The van der Waals surface area contributed by atoms with E-state index in [1.807, 2.05) is 80.7 Å². The second kappa shape index (κ2) is 15.0. The lowest BCUT2D eigenvalue weighted by Crippen LogP contribution is -2.37. The molecule has 1 aliphatic heterocycles. The maximum absolute atomic E-state index is 13.1. The minimum Gasteiger partial charge on any atom is -0.508 e. The van der Waals surface area contributed by atoms with E-state index in [9.17, 15) is 18.3 Å². The van der Waals surface area contributed by atoms with E-state index in [1.165, 1.54) is 22.5 Å². The number of phenolic OH excluding ortho intramolecular Hbond substituents is 1. The zero-order valence-corrected chi connectivity index (χ0v) is 29.6. The van der Waals surface area contributed by atoms with E-state index in [0.717, 1.165) is 44.5 Å². The highest BCUT2D eigenvalue weighted by molar-refractivity contribution is 7.84. The number of halogens is 2. The number of alkyl halides is 1. The Labute approximate surface area is 296 Å². The highest BCUT2D eigenvalue weighted by Gasteiger charge is 2.32. The SMILES string of the molecule is CCOC(=O)CC(c1ccc(C)c(CN2Cc3cc(O)ccc3OS2(=O)=O)c1)c1ccc2c(nnn2/C=C/c2ccccc2CCl)c1C.Cl. The summed E-state index contributed by atoms with van der Waals surface area (Å²) < 4.78 is 39.8. The Morgan fingerprint density at radius 1 is 1.08 bits per heavy atom. The first-order chi connectivity index (χ1) is 23.1. The Balaban J connectivity index is 0.00000468. The number of aromatic nitrogens is 3. The Hall–Kier alpha value is -4.42. The van der Waals surface area contributed by atoms with Crippen LogP contribution < -0.4 is 4.18 Å². The van der Waals surface area contributed by atoms with E-state index in [4.69, 9.17) is 20.5 Å². The number of carbonyl (C=O) groups is 1. The molecule has 10 nitrogen and oxygen atoms in total. The smallest absolute Gasteiger partial charge is 0.385 e. The highest BCUT2D eigenvalue weighted by atomic mass is 35.5. The van der Waals surface area contributed by atoms with Gasteiger partial charge < -0.3 is 14.0 Å². The molecule has 13 heteroatoms. The minimum atomic E-state index is -4.08. The average molecular weight is 724 g/mol. The van der Waals surface area contributed by atoms with Gasteiger partial charge in [0.15, 0.2) is 0 Å². The summed E-state index contributed by atoms with van der Waals surface area (Å²) in [4.78, 5) is 13.0. The van der Waals surface area contributed by atoms with Crippen LogP contribution in [0.1, 0.15) is 63.8 Å². The largest absolute Gasteiger partial charge is 0.508 e. The first-order valence-corrected chi connectivity index (χ1v) is 17.4. The topological polar surface area (TPSA) is 124 Å². The number of carbonyl (C=O) groups excluding carboxylic acids is 1. The number of nitrogens with zero attached hydrogens (tertiary/aromatic N) is 4. The highest BCUT2D eigenvalue weighted by Crippen LogP contribution is 2.36. The van der Waals surface area contributed by atoms with Gasteiger partial charge in [0.05, 0.1) is 18.5 Å². The minimum absolute atomic E-state index is 0. The van der Waals surface area contributed by atoms with Crippen molar-refractivity contribution in [2.75, 3.05) is 6.61 Å². The number of ether oxygens (including phenoxy) is 1. The Morgan fingerprint density at radius 3 is 2.65 bits per heavy atom. The Kier molecular flexibility index (Phi) is 11.0. The van der Waals surface area contributed by atoms with E-state index < -0.39 is 16.2 Å². The molecule has 1 aromatic heterocycles. The van der Waals surface area contributed by atoms with Gasteiger partial charge in [-0.2, -0.15) is 12.7 Å². The van der Waals surface area contributed by atoms with Crippen LogP contribution in [0.25, 0.3) is 23.3 Å². The van der Waals surface area contributed by atoms with Crippen LogP contribution in [0.5, 0.6) is 11.5 Å². The molecule has 0 fully saturated rings. The van der Waals surface area contributed by atoms with Crippen molar-refractivity contribution in [2.24, 2.45) is 0 Å². The lowest BCUT2D eigenvalue weighted by molar-refractivity contribution is -0.143. The van der Waals surface area contributed by atoms with E-state index >= 15 is 0 Å². The summed E-state index contributed by atoms with van der Waals surface area (Å²) in [6.45, 7) is 5.96. The van der Waals surface area contributed by atoms with Gasteiger partial charge in [-0.1, -0.05) is 53.7 Å². The number of hydrogen-bond donors (Lipinski definition) is 1. The molecule has 1 aliphatic rings. The third kappa shape index (κ3) is 7.60. The maximum Gasteiger partial charge on any atom is 0.385 e. The fourth-order valence-corrected chi connectivity index (χ4v) is 7.35. The molecule has 4 aromatic carbocycles. The summed E-state index contributed by atoms with van der Waals surface area (Å²) >= 11 is 6.12. The molecule has 0 saturated carbocycles. The van der Waals surface area contributed by atoms with Gasteiger partial charge in [-0.05, 0) is 90.1 Å². The molecule has 0 spiro atoms. The van der Waals surface area contributed by atoms with Gasteiger partial charge in [0.25, 0.3) is 0 Å². The van der Waals surface area contributed by atoms with Gasteiger partial charge in [-0.3, -0.25) is 4.79 Å². The number of phenols is 1. The zero-order valence-electron chi connectivity index (χ0n) is 27.2. The molecule has 1 N–H and O–H groups in total. The van der Waals surface area contributed by atoms with Crippen LogP contribution in [0, 0.1) is 13.8 Å². The number of benzene rings is 4. The number of aryl methyl sites for hydroxylation is 2. The van der Waals surface area contributed by atoms with Crippen molar-refractivity contribution < 1.29 is 27.2 Å². The third-order valence-electron chi connectivity index (χ3n) is 8.61. The van der Waals surface area contributed by atoms with Gasteiger partial charge in [0.2, 0.25) is 0 Å². The monoisotopic (exact) mass is 722 g/mol. The van der Waals surface area contributed by atoms with Gasteiger partial charge in [0.1, 0.15) is 17.0 Å². The summed E-state index contributed by atoms with van der Waals surface area (Å²) in [5.41, 5.74) is 8.26. The predicted octanol–water partition coefficient (Wildman–Crippen LogP) is 7.27. The first-order valence-electron chi connectivity index (χ1n) is 15.5. The molecule has 0 aliphatic carbocycles. The molecule has 256 valence electrons. The average Bonchev–Trinajstić information content (AvgIpc) is 3.48. The van der Waals surface area contributed by atoms with Crippen molar-refractivity contribution in [1.29, 1.82) is 0 Å². The van der Waals surface area contributed by atoms with Gasteiger partial charge in [0, 0.05) is 36.7 Å².